The summed E-state index contributed by atoms with van der Waals surface area (Å²) in [5.74, 6) is 1.75. The number of hydrogen-bond donors (Lipinski definition) is 3. The average molecular weight is 306 g/mol. The third-order valence-electron chi connectivity index (χ3n) is 3.42. The lowest BCUT2D eigenvalue weighted by molar-refractivity contribution is 1.14. The average Bonchev–Trinajstić information content (AvgIpc) is 2.60. The first-order chi connectivity index (χ1) is 11.3. The number of benzene rings is 1. The highest BCUT2D eigenvalue weighted by atomic mass is 15.1. The molecule has 116 valence electrons. The van der Waals surface area contributed by atoms with Gasteiger partial charge in [-0.05, 0) is 36.2 Å². The van der Waals surface area contributed by atoms with Gasteiger partial charge in [0.2, 0.25) is 0 Å². The van der Waals surface area contributed by atoms with Crippen molar-refractivity contribution < 1.29 is 0 Å². The normalized spacial score (nSPS) is 10.3. The Morgan fingerprint density at radius 3 is 2.30 bits per heavy atom. The van der Waals surface area contributed by atoms with E-state index in [4.69, 9.17) is 5.73 Å². The summed E-state index contributed by atoms with van der Waals surface area (Å²) in [6.07, 6.45) is 4.17. The quantitative estimate of drug-likeness (QED) is 0.668. The molecule has 0 bridgehead atoms. The molecule has 23 heavy (non-hydrogen) atoms. The molecule has 0 atom stereocenters. The summed E-state index contributed by atoms with van der Waals surface area (Å²) in [4.78, 5) is 12.6. The third kappa shape index (κ3) is 3.55. The number of nitrogens with one attached hydrogen (secondary N) is 2. The minimum absolute atomic E-state index is 0.442. The maximum Gasteiger partial charge on any atom is 0.160 e. The second-order valence-electron chi connectivity index (χ2n) is 5.00. The Morgan fingerprint density at radius 2 is 1.65 bits per heavy atom. The largest absolute Gasteiger partial charge is 0.393 e. The van der Waals surface area contributed by atoms with Crippen LogP contribution in [0.25, 0.3) is 0 Å². The van der Waals surface area contributed by atoms with Gasteiger partial charge in [-0.15, -0.1) is 0 Å². The van der Waals surface area contributed by atoms with Crippen LogP contribution in [0, 0.1) is 0 Å². The number of nitrogens with two attached hydrogens (primary N) is 1. The van der Waals surface area contributed by atoms with Gasteiger partial charge in [0.25, 0.3) is 0 Å². The molecule has 0 aliphatic rings. The SMILES string of the molecule is CCc1ccc(Nc2ncnc(Nc3ccccn3)c2N)cc1. The van der Waals surface area contributed by atoms with Crippen molar-refractivity contribution in [3.05, 3.63) is 60.6 Å². The highest BCUT2D eigenvalue weighted by molar-refractivity contribution is 5.79. The van der Waals surface area contributed by atoms with Gasteiger partial charge in [-0.2, -0.15) is 0 Å². The van der Waals surface area contributed by atoms with Crippen LogP contribution in [-0.4, -0.2) is 15.0 Å². The Bertz CT molecular complexity index is 771. The molecule has 4 N–H and O–H groups in total. The summed E-state index contributed by atoms with van der Waals surface area (Å²) in [6.45, 7) is 2.13. The second kappa shape index (κ2) is 6.74. The molecule has 0 unspecified atom stereocenters. The van der Waals surface area contributed by atoms with Crippen LogP contribution in [0.5, 0.6) is 0 Å². The Morgan fingerprint density at radius 1 is 0.913 bits per heavy atom. The Labute approximate surface area is 134 Å². The predicted molar refractivity (Wildman–Crippen MR) is 93.1 cm³/mol. The van der Waals surface area contributed by atoms with Gasteiger partial charge in [0.1, 0.15) is 17.8 Å². The van der Waals surface area contributed by atoms with Gasteiger partial charge in [0.15, 0.2) is 11.6 Å². The van der Waals surface area contributed by atoms with Gasteiger partial charge in [-0.25, -0.2) is 15.0 Å². The van der Waals surface area contributed by atoms with Crippen LogP contribution < -0.4 is 16.4 Å². The van der Waals surface area contributed by atoms with E-state index in [0.717, 1.165) is 12.1 Å². The molecule has 0 aliphatic carbocycles. The monoisotopic (exact) mass is 306 g/mol. The van der Waals surface area contributed by atoms with Crippen LogP contribution in [-0.2, 0) is 6.42 Å². The number of pyridine rings is 1. The molecule has 0 amide bonds. The Hall–Kier alpha value is -3.15. The molecule has 1 aromatic carbocycles. The molecule has 0 spiro atoms. The van der Waals surface area contributed by atoms with Gasteiger partial charge >= 0.3 is 0 Å². The zero-order chi connectivity index (χ0) is 16.1. The van der Waals surface area contributed by atoms with Gasteiger partial charge in [0.05, 0.1) is 0 Å². The van der Waals surface area contributed by atoms with Crippen LogP contribution in [0.15, 0.2) is 55.0 Å². The first kappa shape index (κ1) is 14.8. The topological polar surface area (TPSA) is 88.8 Å². The molecule has 3 aromatic rings. The maximum absolute atomic E-state index is 6.16. The summed E-state index contributed by atoms with van der Waals surface area (Å²) in [6, 6.07) is 13.7. The number of hydrogen-bond acceptors (Lipinski definition) is 6. The smallest absolute Gasteiger partial charge is 0.160 e. The summed E-state index contributed by atoms with van der Waals surface area (Å²) in [5, 5.41) is 6.30. The van der Waals surface area contributed by atoms with E-state index in [-0.39, 0.29) is 0 Å². The van der Waals surface area contributed by atoms with Crippen molar-refractivity contribution >= 4 is 28.8 Å². The van der Waals surface area contributed by atoms with E-state index in [1.807, 2.05) is 30.3 Å². The third-order valence-corrected chi connectivity index (χ3v) is 3.42. The summed E-state index contributed by atoms with van der Waals surface area (Å²) in [7, 11) is 0. The van der Waals surface area contributed by atoms with Crippen molar-refractivity contribution in [1.29, 1.82) is 0 Å². The van der Waals surface area contributed by atoms with Crippen molar-refractivity contribution in [3.8, 4) is 0 Å². The van der Waals surface area contributed by atoms with Crippen molar-refractivity contribution in [2.45, 2.75) is 13.3 Å². The second-order valence-corrected chi connectivity index (χ2v) is 5.00. The van der Waals surface area contributed by atoms with E-state index in [1.54, 1.807) is 6.20 Å². The van der Waals surface area contributed by atoms with Crippen molar-refractivity contribution in [2.24, 2.45) is 0 Å². The number of nitrogens with zero attached hydrogens (tertiary/aromatic N) is 3. The molecule has 0 saturated carbocycles. The van der Waals surface area contributed by atoms with Gasteiger partial charge in [-0.1, -0.05) is 25.1 Å². The van der Waals surface area contributed by atoms with Gasteiger partial charge < -0.3 is 16.4 Å². The maximum atomic E-state index is 6.16. The number of rotatable bonds is 5. The van der Waals surface area contributed by atoms with Crippen molar-refractivity contribution in [1.82, 2.24) is 15.0 Å². The lowest BCUT2D eigenvalue weighted by atomic mass is 10.1. The van der Waals surface area contributed by atoms with E-state index in [9.17, 15) is 0 Å². The first-order valence-corrected chi connectivity index (χ1v) is 7.40. The molecule has 6 heteroatoms. The van der Waals surface area contributed by atoms with E-state index in [1.165, 1.54) is 11.9 Å². The van der Waals surface area contributed by atoms with Gasteiger partial charge in [0, 0.05) is 11.9 Å². The molecule has 0 saturated heterocycles. The first-order valence-electron chi connectivity index (χ1n) is 7.40. The highest BCUT2D eigenvalue weighted by Crippen LogP contribution is 2.27. The number of aryl methyl sites for hydroxylation is 1. The van der Waals surface area contributed by atoms with Crippen LogP contribution in [0.2, 0.25) is 0 Å². The number of nitrogen functional groups attached to an aromatic ring is 1. The summed E-state index contributed by atoms with van der Waals surface area (Å²) < 4.78 is 0. The molecular weight excluding hydrogens is 288 g/mol. The lowest BCUT2D eigenvalue weighted by Crippen LogP contribution is -2.05. The van der Waals surface area contributed by atoms with Crippen LogP contribution >= 0.6 is 0 Å². The van der Waals surface area contributed by atoms with E-state index in [2.05, 4.69) is 44.6 Å². The fourth-order valence-corrected chi connectivity index (χ4v) is 2.11. The predicted octanol–water partition coefficient (Wildman–Crippen LogP) is 3.50. The molecular formula is C17H18N6. The Kier molecular flexibility index (Phi) is 4.33. The molecule has 0 aliphatic heterocycles. The minimum atomic E-state index is 0.442. The molecule has 6 nitrogen and oxygen atoms in total. The van der Waals surface area contributed by atoms with Crippen LogP contribution in [0.4, 0.5) is 28.8 Å². The molecule has 3 rings (SSSR count). The van der Waals surface area contributed by atoms with Gasteiger partial charge in [-0.3, -0.25) is 0 Å². The zero-order valence-electron chi connectivity index (χ0n) is 12.8. The number of anilines is 5. The summed E-state index contributed by atoms with van der Waals surface area (Å²) >= 11 is 0. The molecule has 2 heterocycles. The highest BCUT2D eigenvalue weighted by Gasteiger charge is 2.09. The lowest BCUT2D eigenvalue weighted by Gasteiger charge is -2.12. The van der Waals surface area contributed by atoms with Crippen LogP contribution in [0.1, 0.15) is 12.5 Å². The van der Waals surface area contributed by atoms with Crippen molar-refractivity contribution in [3.63, 3.8) is 0 Å². The zero-order valence-corrected chi connectivity index (χ0v) is 12.8. The van der Waals surface area contributed by atoms with E-state index >= 15 is 0 Å². The molecule has 0 fully saturated rings. The summed E-state index contributed by atoms with van der Waals surface area (Å²) in [5.41, 5.74) is 8.81. The van der Waals surface area contributed by atoms with Crippen LogP contribution in [0.3, 0.4) is 0 Å². The number of aromatic nitrogens is 3. The fraction of sp³-hybridized carbons (Fsp3) is 0.118. The standard InChI is InChI=1S/C17H18N6/c1-2-12-6-8-13(9-7-12)22-16-15(18)17(21-11-20-16)23-14-5-3-4-10-19-14/h3-11H,2,18H2,1H3,(H2,19,20,21,22,23). The fourth-order valence-electron chi connectivity index (χ4n) is 2.11. The van der Waals surface area contributed by atoms with E-state index < -0.39 is 0 Å². The molecule has 2 aromatic heterocycles. The molecule has 0 radical (unpaired) electrons. The van der Waals surface area contributed by atoms with Crippen molar-refractivity contribution in [2.75, 3.05) is 16.4 Å². The Balaban J connectivity index is 1.81. The van der Waals surface area contributed by atoms with E-state index in [0.29, 0.717) is 23.1 Å². The minimum Gasteiger partial charge on any atom is -0.393 e.